The Bertz CT molecular complexity index is 1710. The summed E-state index contributed by atoms with van der Waals surface area (Å²) in [6.45, 7) is 2.83. The molecule has 44 heavy (non-hydrogen) atoms. The first-order chi connectivity index (χ1) is 21.3. The number of benzene rings is 4. The van der Waals surface area contributed by atoms with Gasteiger partial charge in [0.2, 0.25) is 0 Å². The number of anilines is 1. The predicted molar refractivity (Wildman–Crippen MR) is 167 cm³/mol. The van der Waals surface area contributed by atoms with Gasteiger partial charge in [0.15, 0.2) is 11.5 Å². The molecular weight excluding hydrogens is 582 g/mol. The van der Waals surface area contributed by atoms with Crippen LogP contribution in [0, 0.1) is 0 Å². The zero-order valence-corrected chi connectivity index (χ0v) is 25.5. The van der Waals surface area contributed by atoms with Crippen LogP contribution in [0.1, 0.15) is 30.9 Å². The minimum Gasteiger partial charge on any atom is -0.493 e. The summed E-state index contributed by atoms with van der Waals surface area (Å²) in [4.78, 5) is 11.9. The summed E-state index contributed by atoms with van der Waals surface area (Å²) in [7, 11) is -2.77. The van der Waals surface area contributed by atoms with Crippen molar-refractivity contribution in [2.75, 3.05) is 24.6 Å². The molecule has 0 saturated carbocycles. The molecule has 1 N–H and O–H groups in total. The first kappa shape index (κ1) is 30.7. The molecule has 0 spiro atoms. The molecule has 0 fully saturated rings. The molecule has 1 aliphatic heterocycles. The summed E-state index contributed by atoms with van der Waals surface area (Å²) in [5.41, 5.74) is 2.08. The second-order valence-electron chi connectivity index (χ2n) is 10.3. The Kier molecular flexibility index (Phi) is 9.59. The summed E-state index contributed by atoms with van der Waals surface area (Å²) < 4.78 is 51.7. The smallest absolute Gasteiger partial charge is 0.327 e. The quantitative estimate of drug-likeness (QED) is 0.160. The number of aliphatic carboxylic acids is 1. The Labute approximate surface area is 257 Å². The van der Waals surface area contributed by atoms with Crippen LogP contribution >= 0.6 is 0 Å². The lowest BCUT2D eigenvalue weighted by molar-refractivity contribution is -0.138. The van der Waals surface area contributed by atoms with E-state index in [9.17, 15) is 18.3 Å². The van der Waals surface area contributed by atoms with Crippen LogP contribution < -0.4 is 23.3 Å². The molecule has 0 radical (unpaired) electrons. The van der Waals surface area contributed by atoms with E-state index < -0.39 is 22.0 Å². The van der Waals surface area contributed by atoms with E-state index in [0.29, 0.717) is 36.6 Å². The zero-order chi connectivity index (χ0) is 31.1. The summed E-state index contributed by atoms with van der Waals surface area (Å²) in [5.74, 6) is 1.70. The van der Waals surface area contributed by atoms with Gasteiger partial charge in [0, 0.05) is 18.9 Å². The molecule has 1 aliphatic rings. The highest BCUT2D eigenvalue weighted by Gasteiger charge is 2.42. The van der Waals surface area contributed by atoms with E-state index in [1.54, 1.807) is 24.3 Å². The molecule has 0 bridgehead atoms. The molecule has 4 aromatic rings. The summed E-state index contributed by atoms with van der Waals surface area (Å²) in [5, 5.41) is 9.77. The fourth-order valence-corrected chi connectivity index (χ4v) is 6.82. The Morgan fingerprint density at radius 2 is 1.57 bits per heavy atom. The van der Waals surface area contributed by atoms with Crippen LogP contribution in [0.25, 0.3) is 0 Å². The lowest BCUT2D eigenvalue weighted by Gasteiger charge is -2.24. The van der Waals surface area contributed by atoms with Crippen molar-refractivity contribution in [2.45, 2.75) is 43.5 Å². The van der Waals surface area contributed by atoms with Crippen molar-refractivity contribution in [2.24, 2.45) is 0 Å². The van der Waals surface area contributed by atoms with Gasteiger partial charge in [0.1, 0.15) is 23.3 Å². The molecule has 0 aliphatic carbocycles. The zero-order valence-electron chi connectivity index (χ0n) is 24.6. The van der Waals surface area contributed by atoms with Crippen molar-refractivity contribution < 1.29 is 37.3 Å². The third kappa shape index (κ3) is 6.75. The molecule has 10 heteroatoms. The van der Waals surface area contributed by atoms with Crippen molar-refractivity contribution >= 4 is 21.7 Å². The number of methoxy groups -OCH3 is 1. The maximum atomic E-state index is 13.7. The molecule has 0 saturated heterocycles. The van der Waals surface area contributed by atoms with E-state index in [1.807, 2.05) is 48.5 Å². The number of fused-ring (bicyclic) bond motifs is 1. The number of hydrogen-bond acceptors (Lipinski definition) is 7. The number of para-hydroxylation sites is 2. The number of nitrogens with zero attached hydrogens (tertiary/aromatic N) is 1. The number of aryl methyl sites for hydroxylation is 1. The van der Waals surface area contributed by atoms with E-state index in [2.05, 4.69) is 6.92 Å². The van der Waals surface area contributed by atoms with Gasteiger partial charge in [-0.1, -0.05) is 49.7 Å². The van der Waals surface area contributed by atoms with Crippen LogP contribution in [0.5, 0.6) is 28.7 Å². The summed E-state index contributed by atoms with van der Waals surface area (Å²) in [6.07, 6.45) is 2.47. The number of hydrogen-bond donors (Lipinski definition) is 1. The second-order valence-corrected chi connectivity index (χ2v) is 12.1. The number of rotatable bonds is 14. The molecule has 1 heterocycles. The van der Waals surface area contributed by atoms with Gasteiger partial charge in [-0.15, -0.1) is 0 Å². The topological polar surface area (TPSA) is 112 Å². The van der Waals surface area contributed by atoms with Gasteiger partial charge in [0.25, 0.3) is 10.0 Å². The fraction of sp³-hybridized carbons (Fsp3) is 0.265. The van der Waals surface area contributed by atoms with Crippen LogP contribution in [0.2, 0.25) is 0 Å². The molecule has 5 rings (SSSR count). The summed E-state index contributed by atoms with van der Waals surface area (Å²) in [6, 6.07) is 25.3. The number of ether oxygens (including phenoxy) is 4. The number of carboxylic acids is 1. The van der Waals surface area contributed by atoms with E-state index in [1.165, 1.54) is 25.3 Å². The molecule has 9 nitrogen and oxygen atoms in total. The molecular formula is C34H35NO8S. The maximum Gasteiger partial charge on any atom is 0.327 e. The van der Waals surface area contributed by atoms with Crippen LogP contribution in [0.15, 0.2) is 95.9 Å². The van der Waals surface area contributed by atoms with E-state index in [-0.39, 0.29) is 17.1 Å². The Hall–Kier alpha value is -4.70. The van der Waals surface area contributed by atoms with E-state index in [4.69, 9.17) is 18.9 Å². The Morgan fingerprint density at radius 1 is 0.864 bits per heavy atom. The normalized spacial score (nSPS) is 14.1. The third-order valence-electron chi connectivity index (χ3n) is 7.24. The monoisotopic (exact) mass is 617 g/mol. The van der Waals surface area contributed by atoms with Gasteiger partial charge >= 0.3 is 5.97 Å². The van der Waals surface area contributed by atoms with Gasteiger partial charge in [-0.3, -0.25) is 4.31 Å². The van der Waals surface area contributed by atoms with Crippen LogP contribution in [-0.4, -0.2) is 45.9 Å². The number of carboxylic acid groups (broad SMARTS) is 1. The Morgan fingerprint density at radius 3 is 2.30 bits per heavy atom. The van der Waals surface area contributed by atoms with E-state index in [0.717, 1.165) is 40.0 Å². The van der Waals surface area contributed by atoms with Gasteiger partial charge in [-0.05, 0) is 66.1 Å². The van der Waals surface area contributed by atoms with Crippen LogP contribution in [-0.2, 0) is 27.7 Å². The standard InChI is InChI=1S/C34H35NO8S/c1-3-10-25-21-27(43-26-12-5-4-6-13-26)15-17-31(25)41-19-9-20-42-32-18-16-28(23-33(32)40-2)44(38,39)35-29-14-8-7-11-24(29)22-30(35)34(36)37/h4-8,11-18,21,23,30H,3,9-10,19-20,22H2,1-2H3,(H,36,37). The van der Waals surface area contributed by atoms with Crippen molar-refractivity contribution in [1.29, 1.82) is 0 Å². The van der Waals surface area contributed by atoms with Crippen molar-refractivity contribution in [1.82, 2.24) is 0 Å². The lowest BCUT2D eigenvalue weighted by atomic mass is 10.1. The van der Waals surface area contributed by atoms with E-state index >= 15 is 0 Å². The Balaban J connectivity index is 1.21. The van der Waals surface area contributed by atoms with Gasteiger partial charge in [-0.25, -0.2) is 13.2 Å². The molecule has 1 atom stereocenters. The van der Waals surface area contributed by atoms with Gasteiger partial charge in [0.05, 0.1) is 30.9 Å². The number of sulfonamides is 1. The predicted octanol–water partition coefficient (Wildman–Crippen LogP) is 6.49. The van der Waals surface area contributed by atoms with Crippen molar-refractivity contribution in [3.05, 3.63) is 102 Å². The molecule has 1 unspecified atom stereocenters. The van der Waals surface area contributed by atoms with Gasteiger partial charge in [-0.2, -0.15) is 0 Å². The third-order valence-corrected chi connectivity index (χ3v) is 9.06. The highest BCUT2D eigenvalue weighted by atomic mass is 32.2. The van der Waals surface area contributed by atoms with Crippen LogP contribution in [0.3, 0.4) is 0 Å². The SMILES string of the molecule is CCCc1cc(Oc2ccccc2)ccc1OCCCOc1ccc(S(=O)(=O)N2c3ccccc3CC2C(=O)O)cc1OC. The van der Waals surface area contributed by atoms with Crippen molar-refractivity contribution in [3.63, 3.8) is 0 Å². The summed E-state index contributed by atoms with van der Waals surface area (Å²) >= 11 is 0. The second kappa shape index (κ2) is 13.7. The highest BCUT2D eigenvalue weighted by molar-refractivity contribution is 7.93. The largest absolute Gasteiger partial charge is 0.493 e. The van der Waals surface area contributed by atoms with Crippen LogP contribution in [0.4, 0.5) is 5.69 Å². The lowest BCUT2D eigenvalue weighted by Crippen LogP contribution is -2.42. The van der Waals surface area contributed by atoms with Crippen molar-refractivity contribution in [3.8, 4) is 28.7 Å². The average Bonchev–Trinajstić information content (AvgIpc) is 3.44. The first-order valence-corrected chi connectivity index (χ1v) is 15.9. The molecule has 0 amide bonds. The first-order valence-electron chi connectivity index (χ1n) is 14.5. The fourth-order valence-electron chi connectivity index (χ4n) is 5.16. The minimum atomic E-state index is -4.20. The highest BCUT2D eigenvalue weighted by Crippen LogP contribution is 2.39. The molecule has 230 valence electrons. The average molecular weight is 618 g/mol. The van der Waals surface area contributed by atoms with Gasteiger partial charge < -0.3 is 24.1 Å². The number of carbonyl (C=O) groups is 1. The molecule has 0 aromatic heterocycles. The maximum absolute atomic E-state index is 13.7. The molecule has 4 aromatic carbocycles. The minimum absolute atomic E-state index is 0.0869.